The van der Waals surface area contributed by atoms with E-state index in [4.69, 9.17) is 15.2 Å². The lowest BCUT2D eigenvalue weighted by Crippen LogP contribution is -2.36. The molecule has 3 atom stereocenters. The minimum Gasteiger partial charge on any atom is -0.463 e. The van der Waals surface area contributed by atoms with E-state index < -0.39 is 17.8 Å². The molecule has 2 aliphatic rings. The van der Waals surface area contributed by atoms with Crippen LogP contribution in [0.5, 0.6) is 0 Å². The molecule has 0 spiro atoms. The monoisotopic (exact) mass is 413 g/mol. The molecule has 4 rings (SSSR count). The molecule has 160 valence electrons. The topological polar surface area (TPSA) is 136 Å². The third-order valence-electron chi connectivity index (χ3n) is 6.20. The van der Waals surface area contributed by atoms with Crippen molar-refractivity contribution in [3.63, 3.8) is 0 Å². The Morgan fingerprint density at radius 3 is 2.87 bits per heavy atom. The van der Waals surface area contributed by atoms with Crippen molar-refractivity contribution in [3.8, 4) is 6.07 Å². The number of nitrogens with two attached hydrogens (primary N) is 1. The molecule has 9 nitrogen and oxygen atoms in total. The Balaban J connectivity index is 1.42. The van der Waals surface area contributed by atoms with Crippen molar-refractivity contribution >= 4 is 17.3 Å². The second kappa shape index (κ2) is 8.58. The van der Waals surface area contributed by atoms with Crippen LogP contribution in [0.2, 0.25) is 0 Å². The highest BCUT2D eigenvalue weighted by Crippen LogP contribution is 2.40. The smallest absolute Gasteiger partial charge is 0.306 e. The van der Waals surface area contributed by atoms with E-state index in [1.807, 2.05) is 0 Å². The molecule has 1 aliphatic heterocycles. The van der Waals surface area contributed by atoms with Gasteiger partial charge >= 0.3 is 5.97 Å². The molecule has 1 saturated heterocycles. The van der Waals surface area contributed by atoms with Gasteiger partial charge in [-0.1, -0.05) is 25.7 Å². The average Bonchev–Trinajstić information content (AvgIpc) is 3.20. The second-order valence-corrected chi connectivity index (χ2v) is 8.24. The Morgan fingerprint density at radius 2 is 2.13 bits per heavy atom. The number of aromatic nitrogens is 3. The van der Waals surface area contributed by atoms with Gasteiger partial charge in [0.1, 0.15) is 30.6 Å². The molecule has 3 N–H and O–H groups in total. The molecule has 2 aromatic heterocycles. The number of esters is 1. The molecule has 1 saturated carbocycles. The van der Waals surface area contributed by atoms with Gasteiger partial charge in [-0.05, 0) is 30.9 Å². The molecule has 0 radical (unpaired) electrons. The van der Waals surface area contributed by atoms with E-state index in [0.29, 0.717) is 23.5 Å². The van der Waals surface area contributed by atoms with E-state index in [0.717, 1.165) is 12.8 Å². The number of rotatable bonds is 5. The standard InChI is InChI=1S/C21H27N5O4/c22-12-21(17-8-7-16-20(23)24-13-25-26(16)17)18(27)10-15(30-21)11-29-19(28)9-14-5-3-1-2-4-6-14/h7-8,13-15,18,27H,1-6,9-11H2,(H2,23,24,25)/t15-,18-,21+/m1/s1. The van der Waals surface area contributed by atoms with Crippen LogP contribution in [0, 0.1) is 17.2 Å². The van der Waals surface area contributed by atoms with E-state index in [1.165, 1.54) is 36.5 Å². The Bertz CT molecular complexity index is 947. The van der Waals surface area contributed by atoms with Gasteiger partial charge in [0.25, 0.3) is 0 Å². The van der Waals surface area contributed by atoms with E-state index >= 15 is 0 Å². The van der Waals surface area contributed by atoms with Gasteiger partial charge in [0, 0.05) is 12.8 Å². The lowest BCUT2D eigenvalue weighted by Gasteiger charge is -2.24. The molecule has 9 heteroatoms. The Kier molecular flexibility index (Phi) is 5.88. The number of nitriles is 1. The summed E-state index contributed by atoms with van der Waals surface area (Å²) in [4.78, 5) is 16.2. The molecule has 0 amide bonds. The summed E-state index contributed by atoms with van der Waals surface area (Å²) >= 11 is 0. The van der Waals surface area contributed by atoms with Crippen LogP contribution in [0.15, 0.2) is 18.5 Å². The van der Waals surface area contributed by atoms with Crippen LogP contribution in [-0.4, -0.2) is 44.5 Å². The lowest BCUT2D eigenvalue weighted by molar-refractivity contribution is -0.150. The fraction of sp³-hybridized carbons (Fsp3) is 0.619. The molecule has 0 bridgehead atoms. The van der Waals surface area contributed by atoms with Crippen molar-refractivity contribution in [1.29, 1.82) is 5.26 Å². The maximum atomic E-state index is 12.3. The molecule has 3 heterocycles. The van der Waals surface area contributed by atoms with Gasteiger partial charge in [-0.3, -0.25) is 4.79 Å². The number of hydrogen-bond acceptors (Lipinski definition) is 8. The first kappa shape index (κ1) is 20.6. The molecule has 2 fully saturated rings. The van der Waals surface area contributed by atoms with Gasteiger partial charge in [0.05, 0.1) is 11.8 Å². The third-order valence-corrected chi connectivity index (χ3v) is 6.20. The number of aliphatic hydroxyl groups is 1. The van der Waals surface area contributed by atoms with Crippen molar-refractivity contribution in [2.24, 2.45) is 5.92 Å². The van der Waals surface area contributed by atoms with Crippen LogP contribution in [0.1, 0.15) is 57.1 Å². The SMILES string of the molecule is N#C[C@@]1(c2ccc3c(N)ncnn23)O[C@@H](COC(=O)CC2CCCCCC2)C[C@H]1O. The zero-order chi connectivity index (χ0) is 21.1. The normalized spacial score (nSPS) is 27.6. The van der Waals surface area contributed by atoms with Gasteiger partial charge in [-0.2, -0.15) is 10.4 Å². The molecule has 0 aromatic carbocycles. The number of anilines is 1. The zero-order valence-corrected chi connectivity index (χ0v) is 16.9. The van der Waals surface area contributed by atoms with Crippen molar-refractivity contribution in [2.45, 2.75) is 69.2 Å². The maximum Gasteiger partial charge on any atom is 0.306 e. The highest BCUT2D eigenvalue weighted by Gasteiger charge is 2.52. The van der Waals surface area contributed by atoms with Crippen molar-refractivity contribution in [2.75, 3.05) is 12.3 Å². The summed E-state index contributed by atoms with van der Waals surface area (Å²) < 4.78 is 12.8. The van der Waals surface area contributed by atoms with Crippen molar-refractivity contribution in [3.05, 3.63) is 24.2 Å². The van der Waals surface area contributed by atoms with Crippen molar-refractivity contribution in [1.82, 2.24) is 14.6 Å². The van der Waals surface area contributed by atoms with Crippen LogP contribution < -0.4 is 5.73 Å². The zero-order valence-electron chi connectivity index (χ0n) is 16.9. The van der Waals surface area contributed by atoms with Crippen LogP contribution in [0.4, 0.5) is 5.82 Å². The Morgan fingerprint density at radius 1 is 1.37 bits per heavy atom. The van der Waals surface area contributed by atoms with Crippen LogP contribution in [-0.2, 0) is 19.9 Å². The first-order valence-electron chi connectivity index (χ1n) is 10.5. The number of aliphatic hydroxyl groups excluding tert-OH is 1. The first-order chi connectivity index (χ1) is 14.5. The Hall–Kier alpha value is -2.70. The molecule has 0 unspecified atom stereocenters. The van der Waals surface area contributed by atoms with Gasteiger partial charge in [0.15, 0.2) is 5.82 Å². The third kappa shape index (κ3) is 3.85. The van der Waals surface area contributed by atoms with E-state index in [-0.39, 0.29) is 24.8 Å². The van der Waals surface area contributed by atoms with Crippen molar-refractivity contribution < 1.29 is 19.4 Å². The predicted octanol–water partition coefficient (Wildman–Crippen LogP) is 2.08. The fourth-order valence-corrected chi connectivity index (χ4v) is 4.58. The summed E-state index contributed by atoms with van der Waals surface area (Å²) in [5.74, 6) is 0.398. The molecular formula is C21H27N5O4. The Labute approximate surface area is 174 Å². The fourth-order valence-electron chi connectivity index (χ4n) is 4.58. The van der Waals surface area contributed by atoms with Gasteiger partial charge in [-0.25, -0.2) is 9.50 Å². The summed E-state index contributed by atoms with van der Waals surface area (Å²) in [6.45, 7) is 0.00642. The molecular weight excluding hydrogens is 386 g/mol. The van der Waals surface area contributed by atoms with E-state index in [2.05, 4.69) is 16.2 Å². The molecule has 1 aliphatic carbocycles. The minimum absolute atomic E-state index is 0.00642. The number of nitrogen functional groups attached to an aromatic ring is 1. The first-order valence-corrected chi connectivity index (χ1v) is 10.5. The van der Waals surface area contributed by atoms with E-state index in [9.17, 15) is 15.2 Å². The molecule has 2 aromatic rings. The van der Waals surface area contributed by atoms with E-state index in [1.54, 1.807) is 12.1 Å². The average molecular weight is 413 g/mol. The lowest BCUT2D eigenvalue weighted by atomic mass is 9.94. The second-order valence-electron chi connectivity index (χ2n) is 8.24. The molecule has 30 heavy (non-hydrogen) atoms. The van der Waals surface area contributed by atoms with Crippen LogP contribution in [0.25, 0.3) is 5.52 Å². The summed E-state index contributed by atoms with van der Waals surface area (Å²) in [6.07, 6.45) is 7.14. The van der Waals surface area contributed by atoms with Gasteiger partial charge in [0.2, 0.25) is 5.60 Å². The number of carbonyl (C=O) groups excluding carboxylic acids is 1. The van der Waals surface area contributed by atoms with Gasteiger partial charge < -0.3 is 20.3 Å². The van der Waals surface area contributed by atoms with Gasteiger partial charge in [-0.15, -0.1) is 0 Å². The quantitative estimate of drug-likeness (QED) is 0.562. The predicted molar refractivity (Wildman–Crippen MR) is 107 cm³/mol. The highest BCUT2D eigenvalue weighted by molar-refractivity contribution is 5.69. The minimum atomic E-state index is -1.62. The maximum absolute atomic E-state index is 12.3. The summed E-state index contributed by atoms with van der Waals surface area (Å²) in [5.41, 5.74) is 5.14. The highest BCUT2D eigenvalue weighted by atomic mass is 16.6. The largest absolute Gasteiger partial charge is 0.463 e. The number of hydrogen-bond donors (Lipinski definition) is 2. The number of nitrogens with zero attached hydrogens (tertiary/aromatic N) is 4. The van der Waals surface area contributed by atoms with Crippen LogP contribution in [0.3, 0.4) is 0 Å². The number of ether oxygens (including phenoxy) is 2. The van der Waals surface area contributed by atoms with Crippen LogP contribution >= 0.6 is 0 Å². The summed E-state index contributed by atoms with van der Waals surface area (Å²) in [5, 5.41) is 24.7. The summed E-state index contributed by atoms with van der Waals surface area (Å²) in [6, 6.07) is 5.42. The number of carbonyl (C=O) groups is 1. The number of fused-ring (bicyclic) bond motifs is 1. The summed E-state index contributed by atoms with van der Waals surface area (Å²) in [7, 11) is 0.